The Morgan fingerprint density at radius 1 is 1.27 bits per heavy atom. The molecule has 6 heteroatoms. The normalized spacial score (nSPS) is 25.1. The van der Waals surface area contributed by atoms with Crippen molar-refractivity contribution in [1.82, 2.24) is 9.88 Å². The predicted octanol–water partition coefficient (Wildman–Crippen LogP) is 1.78. The fourth-order valence-corrected chi connectivity index (χ4v) is 3.31. The maximum absolute atomic E-state index is 12.4. The van der Waals surface area contributed by atoms with E-state index in [1.165, 1.54) is 0 Å². The van der Waals surface area contributed by atoms with Crippen molar-refractivity contribution in [3.8, 4) is 0 Å². The molecule has 2 unspecified atom stereocenters. The van der Waals surface area contributed by atoms with Crippen molar-refractivity contribution in [2.75, 3.05) is 6.61 Å². The third kappa shape index (κ3) is 3.32. The first-order valence-corrected chi connectivity index (χ1v) is 7.94. The predicted molar refractivity (Wildman–Crippen MR) is 79.6 cm³/mol. The summed E-state index contributed by atoms with van der Waals surface area (Å²) in [5, 5.41) is 12.2. The summed E-state index contributed by atoms with van der Waals surface area (Å²) in [4.78, 5) is 23.4. The van der Waals surface area contributed by atoms with Gasteiger partial charge in [-0.1, -0.05) is 6.42 Å². The quantitative estimate of drug-likeness (QED) is 0.834. The van der Waals surface area contributed by atoms with Crippen LogP contribution < -0.4 is 5.32 Å². The molecule has 1 saturated carbocycles. The maximum Gasteiger partial charge on any atom is 0.306 e. The Balaban J connectivity index is 1.59. The van der Waals surface area contributed by atoms with Crippen molar-refractivity contribution in [3.05, 3.63) is 23.5 Å². The second-order valence-corrected chi connectivity index (χ2v) is 6.18. The Bertz CT molecular complexity index is 543. The highest BCUT2D eigenvalue weighted by Crippen LogP contribution is 2.24. The van der Waals surface area contributed by atoms with Gasteiger partial charge < -0.3 is 19.7 Å². The number of rotatable bonds is 3. The summed E-state index contributed by atoms with van der Waals surface area (Å²) >= 11 is 0. The fraction of sp³-hybridized carbons (Fsp3) is 0.625. The van der Waals surface area contributed by atoms with Crippen LogP contribution in [0.5, 0.6) is 0 Å². The van der Waals surface area contributed by atoms with E-state index in [9.17, 15) is 9.59 Å². The van der Waals surface area contributed by atoms with Crippen molar-refractivity contribution >= 4 is 11.9 Å². The molecule has 2 N–H and O–H groups in total. The number of hydrogen-bond acceptors (Lipinski definition) is 3. The van der Waals surface area contributed by atoms with Crippen LogP contribution in [0.4, 0.5) is 0 Å². The Labute approximate surface area is 129 Å². The minimum atomic E-state index is -0.716. The molecule has 2 atom stereocenters. The fourth-order valence-electron chi connectivity index (χ4n) is 3.31. The number of hydrogen-bond donors (Lipinski definition) is 2. The molecule has 120 valence electrons. The average molecular weight is 306 g/mol. The molecule has 0 radical (unpaired) electrons. The second kappa shape index (κ2) is 6.52. The molecule has 1 amide bonds. The summed E-state index contributed by atoms with van der Waals surface area (Å²) in [5.74, 6) is -1.05. The lowest BCUT2D eigenvalue weighted by Gasteiger charge is -2.16. The third-order valence-corrected chi connectivity index (χ3v) is 4.63. The van der Waals surface area contributed by atoms with Crippen molar-refractivity contribution in [2.24, 2.45) is 5.92 Å². The first-order valence-electron chi connectivity index (χ1n) is 7.94. The molecule has 1 aromatic heterocycles. The van der Waals surface area contributed by atoms with Gasteiger partial charge in [-0.3, -0.25) is 9.59 Å². The van der Waals surface area contributed by atoms with Gasteiger partial charge >= 0.3 is 5.97 Å². The van der Waals surface area contributed by atoms with Gasteiger partial charge in [-0.15, -0.1) is 0 Å². The molecule has 2 aliphatic rings. The number of carboxylic acids is 1. The van der Waals surface area contributed by atoms with Gasteiger partial charge in [0.25, 0.3) is 5.91 Å². The summed E-state index contributed by atoms with van der Waals surface area (Å²) in [5.41, 5.74) is 1.70. The number of carbonyl (C=O) groups excluding carboxylic acids is 1. The number of amides is 1. The van der Waals surface area contributed by atoms with Crippen LogP contribution in [0.1, 0.15) is 48.2 Å². The van der Waals surface area contributed by atoms with Crippen LogP contribution in [0.2, 0.25) is 0 Å². The molecule has 0 aromatic carbocycles. The van der Waals surface area contributed by atoms with Crippen LogP contribution in [-0.2, 0) is 22.7 Å². The van der Waals surface area contributed by atoms with Crippen LogP contribution in [0, 0.1) is 5.92 Å². The minimum absolute atomic E-state index is 0.0688. The number of nitrogens with zero attached hydrogens (tertiary/aromatic N) is 1. The molecule has 6 nitrogen and oxygen atoms in total. The van der Waals surface area contributed by atoms with E-state index in [1.54, 1.807) is 0 Å². The van der Waals surface area contributed by atoms with E-state index in [0.29, 0.717) is 31.6 Å². The van der Waals surface area contributed by atoms with Crippen LogP contribution in [0.3, 0.4) is 0 Å². The Morgan fingerprint density at radius 3 is 2.91 bits per heavy atom. The number of fused-ring (bicyclic) bond motifs is 1. The van der Waals surface area contributed by atoms with Gasteiger partial charge in [0.15, 0.2) is 0 Å². The van der Waals surface area contributed by atoms with Crippen LogP contribution >= 0.6 is 0 Å². The molecule has 0 bridgehead atoms. The van der Waals surface area contributed by atoms with Gasteiger partial charge in [-0.05, 0) is 31.7 Å². The Morgan fingerprint density at radius 2 is 2.14 bits per heavy atom. The first-order chi connectivity index (χ1) is 10.6. The molecule has 1 aromatic rings. The lowest BCUT2D eigenvalue weighted by molar-refractivity contribution is -0.142. The summed E-state index contributed by atoms with van der Waals surface area (Å²) in [7, 11) is 0. The minimum Gasteiger partial charge on any atom is -0.481 e. The Kier molecular flexibility index (Phi) is 4.47. The largest absolute Gasteiger partial charge is 0.481 e. The highest BCUT2D eigenvalue weighted by molar-refractivity contribution is 5.94. The molecular formula is C16H22N2O4. The SMILES string of the molecule is O=C(NC1CCCC(C(=O)O)CC1)c1cc2n(c1)CCOC2. The highest BCUT2D eigenvalue weighted by atomic mass is 16.5. The zero-order valence-electron chi connectivity index (χ0n) is 12.6. The number of ether oxygens (including phenoxy) is 1. The average Bonchev–Trinajstić information content (AvgIpc) is 2.80. The number of carboxylic acid groups (broad SMARTS) is 1. The van der Waals surface area contributed by atoms with E-state index in [1.807, 2.05) is 12.3 Å². The molecule has 1 fully saturated rings. The second-order valence-electron chi connectivity index (χ2n) is 6.18. The smallest absolute Gasteiger partial charge is 0.306 e. The third-order valence-electron chi connectivity index (χ3n) is 4.63. The number of aromatic nitrogens is 1. The van der Waals surface area contributed by atoms with Gasteiger partial charge in [-0.25, -0.2) is 0 Å². The first kappa shape index (κ1) is 15.1. The monoisotopic (exact) mass is 306 g/mol. The van der Waals surface area contributed by atoms with Gasteiger partial charge in [0.1, 0.15) is 0 Å². The molecular weight excluding hydrogens is 284 g/mol. The zero-order chi connectivity index (χ0) is 15.5. The van der Waals surface area contributed by atoms with Crippen molar-refractivity contribution in [3.63, 3.8) is 0 Å². The van der Waals surface area contributed by atoms with E-state index in [-0.39, 0.29) is 17.9 Å². The lowest BCUT2D eigenvalue weighted by atomic mass is 10.0. The van der Waals surface area contributed by atoms with E-state index < -0.39 is 5.97 Å². The maximum atomic E-state index is 12.4. The van der Waals surface area contributed by atoms with E-state index in [4.69, 9.17) is 9.84 Å². The molecule has 1 aliphatic carbocycles. The van der Waals surface area contributed by atoms with E-state index in [0.717, 1.165) is 31.5 Å². The molecule has 2 heterocycles. The van der Waals surface area contributed by atoms with Crippen molar-refractivity contribution in [2.45, 2.75) is 51.3 Å². The van der Waals surface area contributed by atoms with Crippen molar-refractivity contribution in [1.29, 1.82) is 0 Å². The van der Waals surface area contributed by atoms with E-state index >= 15 is 0 Å². The Hall–Kier alpha value is -1.82. The zero-order valence-corrected chi connectivity index (χ0v) is 12.6. The van der Waals surface area contributed by atoms with Gasteiger partial charge in [-0.2, -0.15) is 0 Å². The summed E-state index contributed by atoms with van der Waals surface area (Å²) < 4.78 is 7.44. The van der Waals surface area contributed by atoms with Crippen LogP contribution in [-0.4, -0.2) is 34.2 Å². The topological polar surface area (TPSA) is 80.6 Å². The van der Waals surface area contributed by atoms with Crippen LogP contribution in [0.15, 0.2) is 12.3 Å². The summed E-state index contributed by atoms with van der Waals surface area (Å²) in [6, 6.07) is 1.95. The lowest BCUT2D eigenvalue weighted by Crippen LogP contribution is -2.34. The van der Waals surface area contributed by atoms with Gasteiger partial charge in [0, 0.05) is 24.5 Å². The van der Waals surface area contributed by atoms with Gasteiger partial charge in [0.05, 0.1) is 24.7 Å². The van der Waals surface area contributed by atoms with Crippen LogP contribution in [0.25, 0.3) is 0 Å². The molecule has 0 spiro atoms. The number of nitrogens with one attached hydrogen (secondary N) is 1. The number of carbonyl (C=O) groups is 2. The highest BCUT2D eigenvalue weighted by Gasteiger charge is 2.25. The standard InChI is InChI=1S/C16H22N2O4/c19-15(12-8-14-10-22-7-6-18(14)9-12)17-13-3-1-2-11(4-5-13)16(20)21/h8-9,11,13H,1-7,10H2,(H,17,19)(H,20,21). The summed E-state index contributed by atoms with van der Waals surface area (Å²) in [6.45, 7) is 2.02. The molecule has 22 heavy (non-hydrogen) atoms. The van der Waals surface area contributed by atoms with E-state index in [2.05, 4.69) is 9.88 Å². The molecule has 0 saturated heterocycles. The molecule has 1 aliphatic heterocycles. The summed E-state index contributed by atoms with van der Waals surface area (Å²) in [6.07, 6.45) is 5.66. The van der Waals surface area contributed by atoms with Crippen molar-refractivity contribution < 1.29 is 19.4 Å². The van der Waals surface area contributed by atoms with Gasteiger partial charge in [0.2, 0.25) is 0 Å². The molecule has 3 rings (SSSR count). The number of aliphatic carboxylic acids is 1.